The Balaban J connectivity index is 2.15. The van der Waals surface area contributed by atoms with Crippen LogP contribution < -0.4 is 15.4 Å². The lowest BCUT2D eigenvalue weighted by Crippen LogP contribution is -2.27. The summed E-state index contributed by atoms with van der Waals surface area (Å²) in [5.74, 6) is -0.573. The molecule has 2 aromatic rings. The van der Waals surface area contributed by atoms with Gasteiger partial charge in [0.25, 0.3) is 5.91 Å². The summed E-state index contributed by atoms with van der Waals surface area (Å²) in [5.41, 5.74) is -1.17. The first-order valence-corrected chi connectivity index (χ1v) is 9.63. The summed E-state index contributed by atoms with van der Waals surface area (Å²) >= 11 is 0. The molecule has 0 saturated carbocycles. The van der Waals surface area contributed by atoms with Crippen LogP contribution in [0.3, 0.4) is 0 Å². The number of hydrogen-bond donors (Lipinski definition) is 2. The molecule has 0 aliphatic rings. The van der Waals surface area contributed by atoms with Gasteiger partial charge in [-0.1, -0.05) is 0 Å². The first-order chi connectivity index (χ1) is 14.9. The Labute approximate surface area is 183 Å². The number of benzene rings is 2. The number of halogens is 3. The van der Waals surface area contributed by atoms with Crippen LogP contribution in [0.4, 0.5) is 29.3 Å². The third-order valence-corrected chi connectivity index (χ3v) is 3.89. The van der Waals surface area contributed by atoms with Crippen molar-refractivity contribution in [2.75, 3.05) is 31.0 Å². The van der Waals surface area contributed by atoms with E-state index >= 15 is 0 Å². The number of rotatable bonds is 7. The maximum atomic E-state index is 13.1. The van der Waals surface area contributed by atoms with Crippen LogP contribution in [0.15, 0.2) is 42.5 Å². The number of hydrogen-bond acceptors (Lipinski definition) is 5. The molecule has 7 nitrogen and oxygen atoms in total. The molecule has 0 atom stereocenters. The van der Waals surface area contributed by atoms with Crippen LogP contribution in [-0.2, 0) is 15.7 Å². The van der Waals surface area contributed by atoms with Gasteiger partial charge >= 0.3 is 12.3 Å². The highest BCUT2D eigenvalue weighted by molar-refractivity contribution is 6.05. The molecule has 0 aliphatic carbocycles. The molecule has 0 aromatic heterocycles. The lowest BCUT2D eigenvalue weighted by molar-refractivity contribution is -0.137. The fraction of sp³-hybridized carbons (Fsp3) is 0.364. The fourth-order valence-electron chi connectivity index (χ4n) is 2.49. The standard InChI is InChI=1S/C22H25F3N2O5/c1-21(2,3)32-20(29)26-16-8-5-14(6-9-16)19(28)27-17-13-15(22(23,24)25)7-10-18(17)31-12-11-30-4/h5-10,13H,11-12H2,1-4H3,(H,26,29)(H,27,28). The molecule has 2 N–H and O–H groups in total. The predicted octanol–water partition coefficient (Wildman–Crippen LogP) is 5.33. The molecule has 0 heterocycles. The third kappa shape index (κ3) is 7.77. The molecule has 0 unspecified atom stereocenters. The van der Waals surface area contributed by atoms with Crippen molar-refractivity contribution in [3.8, 4) is 5.75 Å². The van der Waals surface area contributed by atoms with Crippen molar-refractivity contribution in [1.29, 1.82) is 0 Å². The van der Waals surface area contributed by atoms with E-state index in [-0.39, 0.29) is 30.2 Å². The van der Waals surface area contributed by atoms with Crippen molar-refractivity contribution in [2.24, 2.45) is 0 Å². The molecule has 0 radical (unpaired) electrons. The number of carbonyl (C=O) groups excluding carboxylic acids is 2. The van der Waals surface area contributed by atoms with Crippen LogP contribution in [0.1, 0.15) is 36.7 Å². The highest BCUT2D eigenvalue weighted by atomic mass is 19.4. The van der Waals surface area contributed by atoms with E-state index in [0.717, 1.165) is 18.2 Å². The van der Waals surface area contributed by atoms with Gasteiger partial charge in [-0.2, -0.15) is 13.2 Å². The molecule has 2 aromatic carbocycles. The Morgan fingerprint density at radius 3 is 2.16 bits per heavy atom. The summed E-state index contributed by atoms with van der Waals surface area (Å²) in [4.78, 5) is 24.4. The van der Waals surface area contributed by atoms with Crippen LogP contribution >= 0.6 is 0 Å². The summed E-state index contributed by atoms with van der Waals surface area (Å²) in [5, 5.41) is 4.97. The van der Waals surface area contributed by atoms with E-state index in [1.165, 1.54) is 31.4 Å². The molecule has 2 amide bonds. The van der Waals surface area contributed by atoms with E-state index in [1.54, 1.807) is 20.8 Å². The minimum Gasteiger partial charge on any atom is -0.489 e. The summed E-state index contributed by atoms with van der Waals surface area (Å²) < 4.78 is 54.7. The van der Waals surface area contributed by atoms with Crippen molar-refractivity contribution in [3.63, 3.8) is 0 Å². The molecule has 0 bridgehead atoms. The number of methoxy groups -OCH3 is 1. The Kier molecular flexibility index (Phi) is 8.09. The van der Waals surface area contributed by atoms with Gasteiger partial charge in [0.05, 0.1) is 17.9 Å². The normalized spacial score (nSPS) is 11.6. The quantitative estimate of drug-likeness (QED) is 0.553. The van der Waals surface area contributed by atoms with Crippen molar-refractivity contribution < 1.29 is 37.0 Å². The third-order valence-electron chi connectivity index (χ3n) is 3.89. The zero-order chi connectivity index (χ0) is 23.9. The number of carbonyl (C=O) groups is 2. The number of anilines is 2. The van der Waals surface area contributed by atoms with E-state index in [9.17, 15) is 22.8 Å². The van der Waals surface area contributed by atoms with Gasteiger partial charge in [0.15, 0.2) is 0 Å². The summed E-state index contributed by atoms with van der Waals surface area (Å²) in [6, 6.07) is 8.60. The monoisotopic (exact) mass is 454 g/mol. The fourth-order valence-corrected chi connectivity index (χ4v) is 2.49. The highest BCUT2D eigenvalue weighted by Crippen LogP contribution is 2.35. The Bertz CT molecular complexity index is 938. The number of alkyl halides is 3. The van der Waals surface area contributed by atoms with Gasteiger partial charge in [-0.05, 0) is 63.2 Å². The summed E-state index contributed by atoms with van der Waals surface area (Å²) in [6.45, 7) is 5.49. The maximum absolute atomic E-state index is 13.1. The number of nitrogens with one attached hydrogen (secondary N) is 2. The van der Waals surface area contributed by atoms with Crippen molar-refractivity contribution in [3.05, 3.63) is 53.6 Å². The average molecular weight is 454 g/mol. The second kappa shape index (κ2) is 10.4. The van der Waals surface area contributed by atoms with Gasteiger partial charge in [-0.25, -0.2) is 4.79 Å². The van der Waals surface area contributed by atoms with Gasteiger partial charge in [-0.15, -0.1) is 0 Å². The Morgan fingerprint density at radius 1 is 0.938 bits per heavy atom. The molecule has 0 spiro atoms. The average Bonchev–Trinajstić information content (AvgIpc) is 2.67. The van der Waals surface area contributed by atoms with Gasteiger partial charge in [0, 0.05) is 18.4 Å². The lowest BCUT2D eigenvalue weighted by Gasteiger charge is -2.19. The van der Waals surface area contributed by atoms with Crippen LogP contribution in [0.25, 0.3) is 0 Å². The lowest BCUT2D eigenvalue weighted by atomic mass is 10.1. The van der Waals surface area contributed by atoms with Gasteiger partial charge in [0.2, 0.25) is 0 Å². The first kappa shape index (κ1) is 25.0. The molecule has 32 heavy (non-hydrogen) atoms. The Morgan fingerprint density at radius 2 is 1.59 bits per heavy atom. The van der Waals surface area contributed by atoms with Crippen molar-refractivity contribution in [1.82, 2.24) is 0 Å². The van der Waals surface area contributed by atoms with Crippen LogP contribution in [0.2, 0.25) is 0 Å². The smallest absolute Gasteiger partial charge is 0.416 e. The molecular formula is C22H25F3N2O5. The SMILES string of the molecule is COCCOc1ccc(C(F)(F)F)cc1NC(=O)c1ccc(NC(=O)OC(C)(C)C)cc1. The second-order valence-electron chi connectivity index (χ2n) is 7.71. The largest absolute Gasteiger partial charge is 0.489 e. The first-order valence-electron chi connectivity index (χ1n) is 9.63. The van der Waals surface area contributed by atoms with E-state index in [4.69, 9.17) is 14.2 Å². The van der Waals surface area contributed by atoms with Gasteiger partial charge in [-0.3, -0.25) is 10.1 Å². The maximum Gasteiger partial charge on any atom is 0.416 e. The summed E-state index contributed by atoms with van der Waals surface area (Å²) in [6.07, 6.45) is -5.24. The van der Waals surface area contributed by atoms with E-state index in [0.29, 0.717) is 5.69 Å². The minimum absolute atomic E-state index is 0.0756. The molecular weight excluding hydrogens is 429 g/mol. The molecule has 2 rings (SSSR count). The van der Waals surface area contributed by atoms with Crippen LogP contribution in [0.5, 0.6) is 5.75 Å². The molecule has 0 fully saturated rings. The van der Waals surface area contributed by atoms with Gasteiger partial charge < -0.3 is 19.5 Å². The zero-order valence-electron chi connectivity index (χ0n) is 18.1. The minimum atomic E-state index is -4.58. The number of ether oxygens (including phenoxy) is 3. The Hall–Kier alpha value is -3.27. The van der Waals surface area contributed by atoms with E-state index in [1.807, 2.05) is 0 Å². The van der Waals surface area contributed by atoms with Gasteiger partial charge in [0.1, 0.15) is 18.0 Å². The molecule has 10 heteroatoms. The van der Waals surface area contributed by atoms with E-state index < -0.39 is 29.3 Å². The molecule has 0 saturated heterocycles. The van der Waals surface area contributed by atoms with Crippen LogP contribution in [-0.4, -0.2) is 37.9 Å². The summed E-state index contributed by atoms with van der Waals surface area (Å²) in [7, 11) is 1.46. The number of amides is 2. The second-order valence-corrected chi connectivity index (χ2v) is 7.71. The zero-order valence-corrected chi connectivity index (χ0v) is 18.1. The molecule has 0 aliphatic heterocycles. The van der Waals surface area contributed by atoms with Crippen LogP contribution in [0, 0.1) is 0 Å². The van der Waals surface area contributed by atoms with Crippen molar-refractivity contribution >= 4 is 23.4 Å². The molecule has 174 valence electrons. The van der Waals surface area contributed by atoms with E-state index in [2.05, 4.69) is 10.6 Å². The predicted molar refractivity (Wildman–Crippen MR) is 113 cm³/mol. The topological polar surface area (TPSA) is 85.9 Å². The highest BCUT2D eigenvalue weighted by Gasteiger charge is 2.31. The van der Waals surface area contributed by atoms with Crippen molar-refractivity contribution in [2.45, 2.75) is 32.5 Å².